The van der Waals surface area contributed by atoms with Crippen molar-refractivity contribution in [1.29, 1.82) is 0 Å². The third kappa shape index (κ3) is 2.54. The molecular weight excluding hydrogens is 298 g/mol. The summed E-state index contributed by atoms with van der Waals surface area (Å²) in [6, 6.07) is 5.82. The Kier molecular flexibility index (Phi) is 3.77. The quantitative estimate of drug-likeness (QED) is 0.905. The van der Waals surface area contributed by atoms with E-state index in [1.165, 1.54) is 11.1 Å². The zero-order valence-corrected chi connectivity index (χ0v) is 12.9. The first-order valence-corrected chi connectivity index (χ1v) is 7.24. The first kappa shape index (κ1) is 15.1. The fourth-order valence-electron chi connectivity index (χ4n) is 2.72. The Morgan fingerprint density at radius 3 is 2.74 bits per heavy atom. The smallest absolute Gasteiger partial charge is 0.331 e. The summed E-state index contributed by atoms with van der Waals surface area (Å²) in [5.74, 6) is -0.279. The summed E-state index contributed by atoms with van der Waals surface area (Å²) in [5.41, 5.74) is 0.831. The van der Waals surface area contributed by atoms with Crippen molar-refractivity contribution >= 4 is 11.9 Å². The molecule has 0 spiro atoms. The summed E-state index contributed by atoms with van der Waals surface area (Å²) < 4.78 is 7.25. The van der Waals surface area contributed by atoms with Crippen LogP contribution in [0, 0.1) is 6.92 Å². The van der Waals surface area contributed by atoms with Gasteiger partial charge in [-0.25, -0.2) is 9.78 Å². The number of aliphatic carboxylic acids is 1. The molecule has 0 saturated heterocycles. The van der Waals surface area contributed by atoms with E-state index >= 15 is 0 Å². The molecule has 0 bridgehead atoms. The predicted octanol–water partition coefficient (Wildman–Crippen LogP) is 1.39. The number of hydrogen-bond acceptors (Lipinski definition) is 4. The number of carboxylic acids is 1. The molecule has 1 N–H and O–H groups in total. The molecule has 0 saturated carbocycles. The molecule has 1 aromatic carbocycles. The number of ether oxygens (including phenoxy) is 1. The number of carboxylic acid groups (broad SMARTS) is 1. The van der Waals surface area contributed by atoms with E-state index in [2.05, 4.69) is 4.98 Å². The maximum atomic E-state index is 12.9. The molecule has 3 rings (SSSR count). The zero-order valence-electron chi connectivity index (χ0n) is 12.9. The van der Waals surface area contributed by atoms with Crippen molar-refractivity contribution in [2.45, 2.75) is 13.0 Å². The lowest BCUT2D eigenvalue weighted by Crippen LogP contribution is -2.40. The van der Waals surface area contributed by atoms with Crippen molar-refractivity contribution in [1.82, 2.24) is 14.5 Å². The van der Waals surface area contributed by atoms with Crippen LogP contribution in [0.5, 0.6) is 5.75 Å². The number of carbonyl (C=O) groups excluding carboxylic acids is 1. The van der Waals surface area contributed by atoms with Crippen molar-refractivity contribution in [2.24, 2.45) is 7.05 Å². The van der Waals surface area contributed by atoms with Crippen LogP contribution in [0.2, 0.25) is 0 Å². The minimum atomic E-state index is -1.09. The molecule has 0 aliphatic carbocycles. The van der Waals surface area contributed by atoms with Gasteiger partial charge in [-0.1, -0.05) is 18.2 Å². The molecule has 0 radical (unpaired) electrons. The van der Waals surface area contributed by atoms with E-state index in [1.807, 2.05) is 0 Å². The number of imidazole rings is 1. The first-order valence-electron chi connectivity index (χ1n) is 7.24. The number of aromatic nitrogens is 2. The summed E-state index contributed by atoms with van der Waals surface area (Å²) in [6.45, 7) is 2.21. The highest BCUT2D eigenvalue weighted by Crippen LogP contribution is 2.33. The Hall–Kier alpha value is -2.83. The van der Waals surface area contributed by atoms with Gasteiger partial charge in [0.25, 0.3) is 5.91 Å². The highest BCUT2D eigenvalue weighted by atomic mass is 16.5. The average molecular weight is 315 g/mol. The molecule has 1 aromatic heterocycles. The van der Waals surface area contributed by atoms with E-state index in [1.54, 1.807) is 42.8 Å². The molecule has 1 amide bonds. The van der Waals surface area contributed by atoms with Crippen LogP contribution >= 0.6 is 0 Å². The van der Waals surface area contributed by atoms with Gasteiger partial charge in [0.05, 0.1) is 12.7 Å². The predicted molar refractivity (Wildman–Crippen MR) is 81.3 cm³/mol. The molecule has 0 fully saturated rings. The van der Waals surface area contributed by atoms with Gasteiger partial charge < -0.3 is 19.3 Å². The third-order valence-corrected chi connectivity index (χ3v) is 4.05. The maximum absolute atomic E-state index is 12.9. The summed E-state index contributed by atoms with van der Waals surface area (Å²) in [4.78, 5) is 30.1. The lowest BCUT2D eigenvalue weighted by atomic mass is 10.0. The monoisotopic (exact) mass is 315 g/mol. The van der Waals surface area contributed by atoms with Crippen LogP contribution in [0.3, 0.4) is 0 Å². The Morgan fingerprint density at radius 2 is 2.09 bits per heavy atom. The number of carbonyl (C=O) groups is 2. The van der Waals surface area contributed by atoms with E-state index in [-0.39, 0.29) is 19.1 Å². The largest absolute Gasteiger partial charge is 0.491 e. The van der Waals surface area contributed by atoms with Gasteiger partial charge in [-0.2, -0.15) is 0 Å². The minimum Gasteiger partial charge on any atom is -0.491 e. The fraction of sp³-hybridized carbons (Fsp3) is 0.312. The number of para-hydroxylation sites is 1. The minimum absolute atomic E-state index is 0.189. The number of rotatable bonds is 2. The number of aryl methyl sites for hydroxylation is 1. The number of hydrogen-bond donors (Lipinski definition) is 1. The summed E-state index contributed by atoms with van der Waals surface area (Å²) in [5, 5.41) is 9.68. The van der Waals surface area contributed by atoms with E-state index in [0.717, 1.165) is 0 Å². The molecule has 2 aromatic rings. The summed E-state index contributed by atoms with van der Waals surface area (Å²) in [6.07, 6.45) is 1.47. The van der Waals surface area contributed by atoms with Crippen molar-refractivity contribution in [3.8, 4) is 5.75 Å². The van der Waals surface area contributed by atoms with Gasteiger partial charge in [-0.05, 0) is 13.0 Å². The molecule has 120 valence electrons. The lowest BCUT2D eigenvalue weighted by Gasteiger charge is -2.26. The molecule has 1 unspecified atom stereocenters. The van der Waals surface area contributed by atoms with Crippen molar-refractivity contribution < 1.29 is 19.4 Å². The van der Waals surface area contributed by atoms with Crippen LogP contribution in [0.1, 0.15) is 27.9 Å². The third-order valence-electron chi connectivity index (χ3n) is 4.05. The summed E-state index contributed by atoms with van der Waals surface area (Å²) >= 11 is 0. The van der Waals surface area contributed by atoms with Crippen LogP contribution in [0.4, 0.5) is 0 Å². The van der Waals surface area contributed by atoms with E-state index in [9.17, 15) is 14.7 Å². The van der Waals surface area contributed by atoms with Crippen molar-refractivity contribution in [2.75, 3.05) is 13.2 Å². The number of amides is 1. The molecule has 1 aliphatic heterocycles. The van der Waals surface area contributed by atoms with Crippen LogP contribution in [0.15, 0.2) is 30.5 Å². The Morgan fingerprint density at radius 1 is 1.35 bits per heavy atom. The lowest BCUT2D eigenvalue weighted by molar-refractivity contribution is -0.142. The van der Waals surface area contributed by atoms with Gasteiger partial charge in [-0.15, -0.1) is 0 Å². The van der Waals surface area contributed by atoms with Crippen molar-refractivity contribution in [3.63, 3.8) is 0 Å². The Labute approximate surface area is 133 Å². The Balaban J connectivity index is 2.05. The van der Waals surface area contributed by atoms with Crippen molar-refractivity contribution in [3.05, 3.63) is 47.5 Å². The summed E-state index contributed by atoms with van der Waals surface area (Å²) in [7, 11) is 1.73. The molecule has 2 heterocycles. The molecular formula is C16H17N3O4. The molecule has 7 nitrogen and oxygen atoms in total. The topological polar surface area (TPSA) is 84.7 Å². The van der Waals surface area contributed by atoms with Gasteiger partial charge in [0.2, 0.25) is 0 Å². The van der Waals surface area contributed by atoms with Gasteiger partial charge in [-0.3, -0.25) is 4.79 Å². The zero-order chi connectivity index (χ0) is 16.6. The van der Waals surface area contributed by atoms with Gasteiger partial charge in [0, 0.05) is 12.6 Å². The molecule has 7 heteroatoms. The Bertz CT molecular complexity index is 768. The van der Waals surface area contributed by atoms with Crippen LogP contribution in [-0.4, -0.2) is 44.6 Å². The van der Waals surface area contributed by atoms with E-state index in [4.69, 9.17) is 4.74 Å². The normalized spacial score (nSPS) is 17.1. The highest BCUT2D eigenvalue weighted by Gasteiger charge is 2.36. The molecule has 1 atom stereocenters. The van der Waals surface area contributed by atoms with E-state index < -0.39 is 12.0 Å². The molecule has 23 heavy (non-hydrogen) atoms. The number of benzene rings is 1. The highest BCUT2D eigenvalue weighted by molar-refractivity contribution is 5.95. The second-order valence-electron chi connectivity index (χ2n) is 5.38. The van der Waals surface area contributed by atoms with Gasteiger partial charge in [0.1, 0.15) is 23.9 Å². The van der Waals surface area contributed by atoms with Crippen LogP contribution < -0.4 is 4.74 Å². The molecule has 1 aliphatic rings. The van der Waals surface area contributed by atoms with Crippen LogP contribution in [0.25, 0.3) is 0 Å². The first-order chi connectivity index (χ1) is 11.0. The fourth-order valence-corrected chi connectivity index (χ4v) is 2.72. The van der Waals surface area contributed by atoms with E-state index in [0.29, 0.717) is 22.8 Å². The van der Waals surface area contributed by atoms with Gasteiger partial charge >= 0.3 is 5.97 Å². The van der Waals surface area contributed by atoms with Crippen LogP contribution in [-0.2, 0) is 11.8 Å². The number of nitrogens with zero attached hydrogens (tertiary/aromatic N) is 3. The second-order valence-corrected chi connectivity index (χ2v) is 5.38. The second kappa shape index (κ2) is 5.75. The standard InChI is InChI=1S/C16H17N3O4/c1-10-17-9-12(18(10)2)15(20)19-7-8-23-13-6-4-3-5-11(13)14(19)16(21)22/h3-6,9,14H,7-8H2,1-2H3,(H,21,22). The van der Waals surface area contributed by atoms with Gasteiger partial charge in [0.15, 0.2) is 6.04 Å². The number of fused-ring (bicyclic) bond motifs is 1. The SMILES string of the molecule is Cc1ncc(C(=O)N2CCOc3ccccc3C2C(=O)O)n1C. The maximum Gasteiger partial charge on any atom is 0.331 e. The average Bonchev–Trinajstić information content (AvgIpc) is 2.75.